The molecule has 1 saturated carbocycles. The van der Waals surface area contributed by atoms with Crippen molar-refractivity contribution in [3.8, 4) is 5.75 Å². The molecule has 3 rings (SSSR count). The molecule has 0 aromatic heterocycles. The second-order valence-corrected chi connectivity index (χ2v) is 6.22. The summed E-state index contributed by atoms with van der Waals surface area (Å²) in [5.74, 6) is 2.33. The van der Waals surface area contributed by atoms with E-state index in [1.165, 1.54) is 24.0 Å². The topological polar surface area (TPSA) is 35.2 Å². The van der Waals surface area contributed by atoms with Crippen molar-refractivity contribution >= 4 is 0 Å². The van der Waals surface area contributed by atoms with Gasteiger partial charge in [0.25, 0.3) is 0 Å². The van der Waals surface area contributed by atoms with Crippen LogP contribution in [-0.4, -0.2) is 6.61 Å². The van der Waals surface area contributed by atoms with Gasteiger partial charge in [0.2, 0.25) is 0 Å². The van der Waals surface area contributed by atoms with Crippen molar-refractivity contribution in [3.05, 3.63) is 29.3 Å². The summed E-state index contributed by atoms with van der Waals surface area (Å²) >= 11 is 0. The number of rotatable bonds is 1. The van der Waals surface area contributed by atoms with Crippen LogP contribution >= 0.6 is 0 Å². The number of hydrogen-bond acceptors (Lipinski definition) is 2. The molecule has 98 valence electrons. The highest BCUT2D eigenvalue weighted by molar-refractivity contribution is 5.48. The summed E-state index contributed by atoms with van der Waals surface area (Å²) in [6, 6.07) is 6.49. The minimum Gasteiger partial charge on any atom is -0.493 e. The first kappa shape index (κ1) is 12.0. The Labute approximate surface area is 110 Å². The lowest BCUT2D eigenvalue weighted by molar-refractivity contribution is 0.158. The Morgan fingerprint density at radius 2 is 2.11 bits per heavy atom. The van der Waals surface area contributed by atoms with Gasteiger partial charge in [-0.05, 0) is 30.2 Å². The van der Waals surface area contributed by atoms with Gasteiger partial charge in [-0.15, -0.1) is 0 Å². The van der Waals surface area contributed by atoms with E-state index in [1.807, 2.05) is 0 Å². The van der Waals surface area contributed by atoms with Gasteiger partial charge >= 0.3 is 0 Å². The van der Waals surface area contributed by atoms with Gasteiger partial charge in [-0.2, -0.15) is 0 Å². The van der Waals surface area contributed by atoms with Crippen molar-refractivity contribution in [2.24, 2.45) is 17.6 Å². The summed E-state index contributed by atoms with van der Waals surface area (Å²) < 4.78 is 5.85. The van der Waals surface area contributed by atoms with Gasteiger partial charge < -0.3 is 10.5 Å². The highest BCUT2D eigenvalue weighted by atomic mass is 16.5. The predicted molar refractivity (Wildman–Crippen MR) is 73.7 cm³/mol. The van der Waals surface area contributed by atoms with Gasteiger partial charge in [-0.1, -0.05) is 38.5 Å². The Hall–Kier alpha value is -1.02. The molecule has 1 aromatic carbocycles. The average Bonchev–Trinajstić information content (AvgIpc) is 2.82. The molecule has 2 heteroatoms. The number of benzene rings is 1. The molecule has 3 unspecified atom stereocenters. The minimum absolute atomic E-state index is 0.201. The van der Waals surface area contributed by atoms with Gasteiger partial charge in [0.1, 0.15) is 5.75 Å². The van der Waals surface area contributed by atoms with E-state index in [0.717, 1.165) is 25.2 Å². The van der Waals surface area contributed by atoms with E-state index in [-0.39, 0.29) is 5.54 Å². The molecule has 0 radical (unpaired) electrons. The fourth-order valence-corrected chi connectivity index (χ4v) is 3.63. The minimum atomic E-state index is -0.201. The van der Waals surface area contributed by atoms with Crippen molar-refractivity contribution in [3.63, 3.8) is 0 Å². The maximum Gasteiger partial charge on any atom is 0.127 e. The average molecular weight is 245 g/mol. The van der Waals surface area contributed by atoms with Crippen LogP contribution in [0.25, 0.3) is 0 Å². The molecular formula is C16H23NO. The van der Waals surface area contributed by atoms with Crippen molar-refractivity contribution in [2.75, 3.05) is 6.61 Å². The molecule has 1 fully saturated rings. The lowest BCUT2D eigenvalue weighted by Gasteiger charge is -2.43. The van der Waals surface area contributed by atoms with E-state index in [4.69, 9.17) is 10.5 Å². The first-order valence-electron chi connectivity index (χ1n) is 7.15. The number of hydrogen-bond donors (Lipinski definition) is 1. The standard InChI is InChI=1S/C16H23NO/c1-11-6-7-12(2)16(17,10-11)14-5-3-4-13-8-9-18-15(13)14/h3-5,11-12H,6-10,17H2,1-2H3. The summed E-state index contributed by atoms with van der Waals surface area (Å²) in [4.78, 5) is 0. The fourth-order valence-electron chi connectivity index (χ4n) is 3.63. The fraction of sp³-hybridized carbons (Fsp3) is 0.625. The zero-order chi connectivity index (χ0) is 12.8. The molecule has 0 spiro atoms. The van der Waals surface area contributed by atoms with Gasteiger partial charge in [-0.25, -0.2) is 0 Å². The third-order valence-electron chi connectivity index (χ3n) is 4.87. The van der Waals surface area contributed by atoms with E-state index in [1.54, 1.807) is 0 Å². The molecule has 0 bridgehead atoms. The number of para-hydroxylation sites is 1. The lowest BCUT2D eigenvalue weighted by Crippen LogP contribution is -2.47. The molecule has 1 aromatic rings. The molecule has 18 heavy (non-hydrogen) atoms. The van der Waals surface area contributed by atoms with E-state index in [0.29, 0.717) is 11.8 Å². The molecule has 1 heterocycles. The van der Waals surface area contributed by atoms with Crippen molar-refractivity contribution in [1.29, 1.82) is 0 Å². The maximum atomic E-state index is 6.81. The van der Waals surface area contributed by atoms with Crippen LogP contribution in [0.1, 0.15) is 44.2 Å². The number of fused-ring (bicyclic) bond motifs is 1. The first-order valence-corrected chi connectivity index (χ1v) is 7.15. The third kappa shape index (κ3) is 1.74. The van der Waals surface area contributed by atoms with Gasteiger partial charge in [0.15, 0.2) is 0 Å². The Morgan fingerprint density at radius 3 is 2.94 bits per heavy atom. The van der Waals surface area contributed by atoms with E-state index in [2.05, 4.69) is 32.0 Å². The molecular weight excluding hydrogens is 222 g/mol. The molecule has 2 aliphatic rings. The normalized spacial score (nSPS) is 35.1. The summed E-state index contributed by atoms with van der Waals surface area (Å²) in [5.41, 5.74) is 9.19. The molecule has 0 amide bonds. The lowest BCUT2D eigenvalue weighted by atomic mass is 9.66. The van der Waals surface area contributed by atoms with Crippen molar-refractivity contribution in [2.45, 2.75) is 45.1 Å². The second kappa shape index (κ2) is 4.27. The van der Waals surface area contributed by atoms with Crippen molar-refractivity contribution in [1.82, 2.24) is 0 Å². The summed E-state index contributed by atoms with van der Waals surface area (Å²) in [6.45, 7) is 5.42. The van der Waals surface area contributed by atoms with Crippen LogP contribution < -0.4 is 10.5 Å². The molecule has 1 aliphatic heterocycles. The number of ether oxygens (including phenoxy) is 1. The van der Waals surface area contributed by atoms with Gasteiger partial charge in [0.05, 0.1) is 6.61 Å². The molecule has 3 atom stereocenters. The number of nitrogens with two attached hydrogens (primary N) is 1. The van der Waals surface area contributed by atoms with Crippen LogP contribution in [0.3, 0.4) is 0 Å². The van der Waals surface area contributed by atoms with E-state index >= 15 is 0 Å². The van der Waals surface area contributed by atoms with Crippen molar-refractivity contribution < 1.29 is 4.74 Å². The van der Waals surface area contributed by atoms with Gasteiger partial charge in [0, 0.05) is 17.5 Å². The van der Waals surface area contributed by atoms with Crippen LogP contribution in [-0.2, 0) is 12.0 Å². The SMILES string of the molecule is CC1CCC(C)C(N)(c2cccc3c2OCC3)C1. The van der Waals surface area contributed by atoms with Crippen LogP contribution in [0, 0.1) is 11.8 Å². The molecule has 0 saturated heterocycles. The van der Waals surface area contributed by atoms with Crippen LogP contribution in [0.2, 0.25) is 0 Å². The van der Waals surface area contributed by atoms with E-state index < -0.39 is 0 Å². The second-order valence-electron chi connectivity index (χ2n) is 6.22. The Kier molecular flexibility index (Phi) is 2.86. The highest BCUT2D eigenvalue weighted by Crippen LogP contribution is 2.46. The Balaban J connectivity index is 2.05. The maximum absolute atomic E-state index is 6.81. The monoisotopic (exact) mass is 245 g/mol. The van der Waals surface area contributed by atoms with Crippen LogP contribution in [0.15, 0.2) is 18.2 Å². The zero-order valence-electron chi connectivity index (χ0n) is 11.4. The highest BCUT2D eigenvalue weighted by Gasteiger charge is 2.41. The quantitative estimate of drug-likeness (QED) is 0.824. The third-order valence-corrected chi connectivity index (χ3v) is 4.87. The first-order chi connectivity index (χ1) is 8.61. The zero-order valence-corrected chi connectivity index (χ0v) is 11.4. The largest absolute Gasteiger partial charge is 0.493 e. The molecule has 2 nitrogen and oxygen atoms in total. The predicted octanol–water partition coefficient (Wildman–Crippen LogP) is 3.23. The smallest absolute Gasteiger partial charge is 0.127 e. The summed E-state index contributed by atoms with van der Waals surface area (Å²) in [5, 5.41) is 0. The summed E-state index contributed by atoms with van der Waals surface area (Å²) in [6.07, 6.45) is 4.63. The summed E-state index contributed by atoms with van der Waals surface area (Å²) in [7, 11) is 0. The Bertz CT molecular complexity index is 456. The molecule has 1 aliphatic carbocycles. The van der Waals surface area contributed by atoms with Crippen LogP contribution in [0.5, 0.6) is 5.75 Å². The van der Waals surface area contributed by atoms with E-state index in [9.17, 15) is 0 Å². The van der Waals surface area contributed by atoms with Crippen LogP contribution in [0.4, 0.5) is 0 Å². The van der Waals surface area contributed by atoms with Gasteiger partial charge in [-0.3, -0.25) is 0 Å². The Morgan fingerprint density at radius 1 is 1.28 bits per heavy atom. The molecule has 2 N–H and O–H groups in total.